The fourth-order valence-electron chi connectivity index (χ4n) is 2.38. The van der Waals surface area contributed by atoms with Crippen molar-refractivity contribution in [3.05, 3.63) is 58.0 Å². The van der Waals surface area contributed by atoms with Gasteiger partial charge in [-0.15, -0.1) is 16.4 Å². The first-order valence-electron chi connectivity index (χ1n) is 8.13. The maximum absolute atomic E-state index is 12.4. The fourth-order valence-corrected chi connectivity index (χ4v) is 4.41. The molecule has 28 heavy (non-hydrogen) atoms. The van der Waals surface area contributed by atoms with Crippen molar-refractivity contribution in [2.45, 2.75) is 10.1 Å². The van der Waals surface area contributed by atoms with Gasteiger partial charge < -0.3 is 5.32 Å². The van der Waals surface area contributed by atoms with Crippen LogP contribution >= 0.6 is 39.0 Å². The summed E-state index contributed by atoms with van der Waals surface area (Å²) in [5.74, 6) is -0.240. The molecule has 0 atom stereocenters. The first kappa shape index (κ1) is 18.8. The topological polar surface area (TPSA) is 85.6 Å². The SMILES string of the molecule is Cn1nnnc1Sc1ccc(Br)cc1NC(=O)/C=C/c1nc2ccccc2s1. The molecule has 0 saturated heterocycles. The number of hydrogen-bond acceptors (Lipinski definition) is 7. The van der Waals surface area contributed by atoms with Crippen LogP contribution in [0, 0.1) is 0 Å². The number of rotatable bonds is 5. The first-order chi connectivity index (χ1) is 13.6. The van der Waals surface area contributed by atoms with Gasteiger partial charge >= 0.3 is 0 Å². The zero-order chi connectivity index (χ0) is 19.5. The van der Waals surface area contributed by atoms with Gasteiger partial charge in [0.1, 0.15) is 5.01 Å². The van der Waals surface area contributed by atoms with Gasteiger partial charge in [0, 0.05) is 22.5 Å². The summed E-state index contributed by atoms with van der Waals surface area (Å²) in [6.45, 7) is 0. The Kier molecular flexibility index (Phi) is 5.51. The average molecular weight is 473 g/mol. The maximum atomic E-state index is 12.4. The number of halogens is 1. The number of carbonyl (C=O) groups excluding carboxylic acids is 1. The summed E-state index contributed by atoms with van der Waals surface area (Å²) in [5, 5.41) is 15.7. The zero-order valence-corrected chi connectivity index (χ0v) is 17.8. The molecule has 7 nitrogen and oxygen atoms in total. The molecule has 0 fully saturated rings. The van der Waals surface area contributed by atoms with Gasteiger partial charge in [-0.1, -0.05) is 28.1 Å². The third-order valence-electron chi connectivity index (χ3n) is 3.67. The van der Waals surface area contributed by atoms with E-state index in [0.29, 0.717) is 10.8 Å². The molecule has 0 bridgehead atoms. The lowest BCUT2D eigenvalue weighted by atomic mass is 10.3. The van der Waals surface area contributed by atoms with Crippen molar-refractivity contribution in [3.8, 4) is 0 Å². The molecule has 1 N–H and O–H groups in total. The Balaban J connectivity index is 1.52. The van der Waals surface area contributed by atoms with Crippen LogP contribution in [0.2, 0.25) is 0 Å². The number of thiazole rings is 1. The maximum Gasteiger partial charge on any atom is 0.248 e. The highest BCUT2D eigenvalue weighted by molar-refractivity contribution is 9.10. The molecule has 0 radical (unpaired) electrons. The minimum atomic E-state index is -0.240. The first-order valence-corrected chi connectivity index (χ1v) is 10.6. The van der Waals surface area contributed by atoms with Crippen LogP contribution in [-0.4, -0.2) is 31.1 Å². The van der Waals surface area contributed by atoms with Crippen LogP contribution in [0.5, 0.6) is 0 Å². The molecule has 10 heteroatoms. The molecule has 2 heterocycles. The second kappa shape index (κ2) is 8.21. The van der Waals surface area contributed by atoms with Gasteiger partial charge in [-0.3, -0.25) is 4.79 Å². The number of benzene rings is 2. The Morgan fingerprint density at radius 2 is 2.14 bits per heavy atom. The van der Waals surface area contributed by atoms with Crippen LogP contribution in [0.15, 0.2) is 63.1 Å². The highest BCUT2D eigenvalue weighted by Gasteiger charge is 2.11. The minimum Gasteiger partial charge on any atom is -0.321 e. The third-order valence-corrected chi connectivity index (χ3v) is 6.27. The van der Waals surface area contributed by atoms with Crippen LogP contribution < -0.4 is 5.32 Å². The number of nitrogens with zero attached hydrogens (tertiary/aromatic N) is 5. The number of amides is 1. The van der Waals surface area contributed by atoms with Crippen molar-refractivity contribution in [2.75, 3.05) is 5.32 Å². The molecule has 0 aliphatic rings. The van der Waals surface area contributed by atoms with Crippen molar-refractivity contribution in [1.82, 2.24) is 25.2 Å². The Morgan fingerprint density at radius 3 is 2.93 bits per heavy atom. The lowest BCUT2D eigenvalue weighted by molar-refractivity contribution is -0.111. The zero-order valence-electron chi connectivity index (χ0n) is 14.5. The minimum absolute atomic E-state index is 0.240. The molecule has 0 saturated carbocycles. The second-order valence-electron chi connectivity index (χ2n) is 5.67. The van der Waals surface area contributed by atoms with E-state index in [-0.39, 0.29) is 5.91 Å². The lowest BCUT2D eigenvalue weighted by Crippen LogP contribution is -2.08. The Morgan fingerprint density at radius 1 is 1.29 bits per heavy atom. The Bertz CT molecular complexity index is 1150. The van der Waals surface area contributed by atoms with Crippen LogP contribution in [0.1, 0.15) is 5.01 Å². The van der Waals surface area contributed by atoms with E-state index in [2.05, 4.69) is 41.8 Å². The number of tetrazole rings is 1. The van der Waals surface area contributed by atoms with Gasteiger partial charge in [0.25, 0.3) is 0 Å². The molecule has 0 aliphatic heterocycles. The monoisotopic (exact) mass is 472 g/mol. The molecule has 0 unspecified atom stereocenters. The molecule has 4 rings (SSSR count). The van der Waals surface area contributed by atoms with E-state index in [1.165, 1.54) is 17.8 Å². The van der Waals surface area contributed by atoms with E-state index in [9.17, 15) is 4.79 Å². The van der Waals surface area contributed by atoms with Gasteiger partial charge in [0.05, 0.1) is 15.9 Å². The van der Waals surface area contributed by atoms with E-state index in [4.69, 9.17) is 0 Å². The predicted molar refractivity (Wildman–Crippen MR) is 114 cm³/mol. The average Bonchev–Trinajstić information content (AvgIpc) is 3.28. The van der Waals surface area contributed by atoms with Gasteiger partial charge in [0.15, 0.2) is 0 Å². The van der Waals surface area contributed by atoms with Gasteiger partial charge in [-0.2, -0.15) is 0 Å². The van der Waals surface area contributed by atoms with Gasteiger partial charge in [0.2, 0.25) is 11.1 Å². The van der Waals surface area contributed by atoms with Crippen molar-refractivity contribution in [1.29, 1.82) is 0 Å². The van der Waals surface area contributed by atoms with Gasteiger partial charge in [-0.05, 0) is 58.6 Å². The standard InChI is InChI=1S/C18H13BrN6OS2/c1-25-18(22-23-24-25)28-15-7-6-11(19)10-13(15)20-16(26)8-9-17-21-12-4-2-3-5-14(12)27-17/h2-10H,1H3,(H,20,26)/b9-8+. The summed E-state index contributed by atoms with van der Waals surface area (Å²) in [6, 6.07) is 13.5. The summed E-state index contributed by atoms with van der Waals surface area (Å²) in [5.41, 5.74) is 1.59. The number of aryl methyl sites for hydroxylation is 1. The van der Waals surface area contributed by atoms with E-state index in [0.717, 1.165) is 24.6 Å². The summed E-state index contributed by atoms with van der Waals surface area (Å²) in [4.78, 5) is 17.8. The summed E-state index contributed by atoms with van der Waals surface area (Å²) >= 11 is 6.36. The molecule has 4 aromatic rings. The van der Waals surface area contributed by atoms with E-state index >= 15 is 0 Å². The van der Waals surface area contributed by atoms with E-state index in [1.54, 1.807) is 29.1 Å². The fraction of sp³-hybridized carbons (Fsp3) is 0.0556. The number of para-hydroxylation sites is 1. The molecule has 1 amide bonds. The highest BCUT2D eigenvalue weighted by atomic mass is 79.9. The largest absolute Gasteiger partial charge is 0.321 e. The van der Waals surface area contributed by atoms with Crippen LogP contribution in [0.3, 0.4) is 0 Å². The molecule has 0 aliphatic carbocycles. The number of hydrogen-bond donors (Lipinski definition) is 1. The Labute approximate surface area is 177 Å². The Hall–Kier alpha value is -2.56. The third kappa shape index (κ3) is 4.29. The summed E-state index contributed by atoms with van der Waals surface area (Å²) in [6.07, 6.45) is 3.20. The molecular weight excluding hydrogens is 460 g/mol. The molecular formula is C18H13BrN6OS2. The van der Waals surface area contributed by atoms with Crippen molar-refractivity contribution < 1.29 is 4.79 Å². The van der Waals surface area contributed by atoms with E-state index in [1.807, 2.05) is 42.5 Å². The molecule has 2 aromatic carbocycles. The molecule has 140 valence electrons. The van der Waals surface area contributed by atoms with Gasteiger partial charge in [-0.25, -0.2) is 9.67 Å². The quantitative estimate of drug-likeness (QED) is 0.433. The molecule has 0 spiro atoms. The number of fused-ring (bicyclic) bond motifs is 1. The van der Waals surface area contributed by atoms with Crippen molar-refractivity contribution in [2.24, 2.45) is 7.05 Å². The number of carbonyl (C=O) groups is 1. The number of nitrogens with one attached hydrogen (secondary N) is 1. The molecule has 2 aromatic heterocycles. The summed E-state index contributed by atoms with van der Waals surface area (Å²) < 4.78 is 3.52. The van der Waals surface area contributed by atoms with Crippen LogP contribution in [0.4, 0.5) is 5.69 Å². The second-order valence-corrected chi connectivity index (χ2v) is 8.66. The summed E-state index contributed by atoms with van der Waals surface area (Å²) in [7, 11) is 1.76. The van der Waals surface area contributed by atoms with Crippen molar-refractivity contribution in [3.63, 3.8) is 0 Å². The predicted octanol–water partition coefficient (Wildman–Crippen LogP) is 4.39. The van der Waals surface area contributed by atoms with Crippen LogP contribution in [-0.2, 0) is 11.8 Å². The van der Waals surface area contributed by atoms with Crippen molar-refractivity contribution >= 4 is 66.9 Å². The van der Waals surface area contributed by atoms with E-state index < -0.39 is 0 Å². The highest BCUT2D eigenvalue weighted by Crippen LogP contribution is 2.34. The number of anilines is 1. The smallest absolute Gasteiger partial charge is 0.248 e. The lowest BCUT2D eigenvalue weighted by Gasteiger charge is -2.09. The van der Waals surface area contributed by atoms with Crippen LogP contribution in [0.25, 0.3) is 16.3 Å². The normalized spacial score (nSPS) is 11.4. The number of aromatic nitrogens is 5.